The average Bonchev–Trinajstić information content (AvgIpc) is 2.68. The van der Waals surface area contributed by atoms with E-state index in [-0.39, 0.29) is 19.1 Å². The molecule has 0 saturated heterocycles. The maximum Gasteiger partial charge on any atom is 0.404 e. The molecule has 0 atom stereocenters. The number of halogens is 1. The standard InChI is InChI=1S/C9H13BrN4O4/c1-13(17-2)8(15)6-5-7(10)12-14(6)3-4-18-9(11)16/h5H,3-4H2,1-2H3,(H2,11,16). The molecule has 1 aromatic heterocycles. The summed E-state index contributed by atoms with van der Waals surface area (Å²) < 4.78 is 6.47. The van der Waals surface area contributed by atoms with E-state index in [0.29, 0.717) is 10.3 Å². The van der Waals surface area contributed by atoms with E-state index in [9.17, 15) is 9.59 Å². The first kappa shape index (κ1) is 14.5. The highest BCUT2D eigenvalue weighted by atomic mass is 79.9. The van der Waals surface area contributed by atoms with E-state index in [1.165, 1.54) is 18.8 Å². The first-order chi connectivity index (χ1) is 8.45. The van der Waals surface area contributed by atoms with E-state index in [1.54, 1.807) is 6.07 Å². The summed E-state index contributed by atoms with van der Waals surface area (Å²) in [5, 5.41) is 5.11. The molecule has 1 heterocycles. The molecule has 100 valence electrons. The first-order valence-electron chi connectivity index (χ1n) is 4.93. The second-order valence-corrected chi connectivity index (χ2v) is 4.04. The van der Waals surface area contributed by atoms with Crippen molar-refractivity contribution in [2.24, 2.45) is 5.73 Å². The third-order valence-electron chi connectivity index (χ3n) is 2.08. The largest absolute Gasteiger partial charge is 0.448 e. The number of primary amides is 1. The Morgan fingerprint density at radius 3 is 2.83 bits per heavy atom. The smallest absolute Gasteiger partial charge is 0.404 e. The predicted molar refractivity (Wildman–Crippen MR) is 64.6 cm³/mol. The fraction of sp³-hybridized carbons (Fsp3) is 0.444. The van der Waals surface area contributed by atoms with Gasteiger partial charge in [-0.25, -0.2) is 9.86 Å². The summed E-state index contributed by atoms with van der Waals surface area (Å²) in [6, 6.07) is 1.54. The van der Waals surface area contributed by atoms with Crippen LogP contribution in [-0.4, -0.2) is 47.6 Å². The topological polar surface area (TPSA) is 99.7 Å². The Morgan fingerprint density at radius 2 is 2.28 bits per heavy atom. The highest BCUT2D eigenvalue weighted by Gasteiger charge is 2.18. The van der Waals surface area contributed by atoms with Gasteiger partial charge in [0.05, 0.1) is 13.7 Å². The predicted octanol–water partition coefficient (Wildman–Crippen LogP) is 0.374. The number of aromatic nitrogens is 2. The van der Waals surface area contributed by atoms with E-state index in [2.05, 4.69) is 25.8 Å². The van der Waals surface area contributed by atoms with Crippen molar-refractivity contribution >= 4 is 27.9 Å². The summed E-state index contributed by atoms with van der Waals surface area (Å²) in [6.45, 7) is 0.244. The van der Waals surface area contributed by atoms with Crippen LogP contribution in [0.15, 0.2) is 10.7 Å². The third-order valence-corrected chi connectivity index (χ3v) is 2.46. The Labute approximate surface area is 112 Å². The Bertz CT molecular complexity index is 448. The lowest BCUT2D eigenvalue weighted by Crippen LogP contribution is -2.28. The van der Waals surface area contributed by atoms with Crippen molar-refractivity contribution in [3.63, 3.8) is 0 Å². The van der Waals surface area contributed by atoms with Crippen molar-refractivity contribution in [3.8, 4) is 0 Å². The van der Waals surface area contributed by atoms with Crippen LogP contribution in [0, 0.1) is 0 Å². The van der Waals surface area contributed by atoms with Crippen LogP contribution in [0.2, 0.25) is 0 Å². The third kappa shape index (κ3) is 3.70. The van der Waals surface area contributed by atoms with Crippen LogP contribution in [-0.2, 0) is 16.1 Å². The van der Waals surface area contributed by atoms with Gasteiger partial charge in [0.2, 0.25) is 0 Å². The molecule has 0 aliphatic carbocycles. The minimum absolute atomic E-state index is 0.0282. The molecule has 0 aliphatic heterocycles. The quantitative estimate of drug-likeness (QED) is 0.790. The number of carbonyl (C=O) groups is 2. The van der Waals surface area contributed by atoms with Gasteiger partial charge in [0.25, 0.3) is 5.91 Å². The summed E-state index contributed by atoms with van der Waals surface area (Å²) in [5.74, 6) is -0.366. The van der Waals surface area contributed by atoms with E-state index >= 15 is 0 Å². The lowest BCUT2D eigenvalue weighted by molar-refractivity contribution is -0.0764. The van der Waals surface area contributed by atoms with Gasteiger partial charge >= 0.3 is 6.09 Å². The molecular weight excluding hydrogens is 308 g/mol. The highest BCUT2D eigenvalue weighted by Crippen LogP contribution is 2.12. The maximum atomic E-state index is 11.9. The summed E-state index contributed by atoms with van der Waals surface area (Å²) >= 11 is 3.17. The van der Waals surface area contributed by atoms with Gasteiger partial charge < -0.3 is 10.5 Å². The Balaban J connectivity index is 2.79. The minimum Gasteiger partial charge on any atom is -0.448 e. The highest BCUT2D eigenvalue weighted by molar-refractivity contribution is 9.10. The Morgan fingerprint density at radius 1 is 1.61 bits per heavy atom. The fourth-order valence-electron chi connectivity index (χ4n) is 1.20. The van der Waals surface area contributed by atoms with Crippen molar-refractivity contribution in [1.29, 1.82) is 0 Å². The van der Waals surface area contributed by atoms with Crippen LogP contribution in [0.5, 0.6) is 0 Å². The van der Waals surface area contributed by atoms with Gasteiger partial charge in [0.1, 0.15) is 16.9 Å². The van der Waals surface area contributed by atoms with Crippen LogP contribution in [0.25, 0.3) is 0 Å². The molecule has 2 N–H and O–H groups in total. The molecule has 0 aliphatic rings. The lowest BCUT2D eigenvalue weighted by Gasteiger charge is -2.14. The number of hydrogen-bond acceptors (Lipinski definition) is 5. The number of nitrogens with zero attached hydrogens (tertiary/aromatic N) is 3. The summed E-state index contributed by atoms with van der Waals surface area (Å²) in [4.78, 5) is 27.1. The van der Waals surface area contributed by atoms with Crippen LogP contribution >= 0.6 is 15.9 Å². The van der Waals surface area contributed by atoms with Gasteiger partial charge in [-0.15, -0.1) is 0 Å². The minimum atomic E-state index is -0.872. The number of rotatable bonds is 5. The number of amides is 2. The molecular formula is C9H13BrN4O4. The summed E-state index contributed by atoms with van der Waals surface area (Å²) in [7, 11) is 2.86. The van der Waals surface area contributed by atoms with Crippen LogP contribution < -0.4 is 5.73 Å². The van der Waals surface area contributed by atoms with Gasteiger partial charge in [0, 0.05) is 13.1 Å². The molecule has 1 rings (SSSR count). The van der Waals surface area contributed by atoms with Crippen molar-refractivity contribution in [1.82, 2.24) is 14.8 Å². The molecule has 0 radical (unpaired) electrons. The Kier molecular flexibility index (Phi) is 5.10. The number of nitrogens with two attached hydrogens (primary N) is 1. The van der Waals surface area contributed by atoms with Crippen molar-refractivity contribution in [3.05, 3.63) is 16.4 Å². The van der Waals surface area contributed by atoms with Gasteiger partial charge in [-0.3, -0.25) is 14.3 Å². The zero-order valence-corrected chi connectivity index (χ0v) is 11.5. The second kappa shape index (κ2) is 6.36. The summed E-state index contributed by atoms with van der Waals surface area (Å²) in [5.41, 5.74) is 5.14. The second-order valence-electron chi connectivity index (χ2n) is 3.23. The number of hydrogen-bond donors (Lipinski definition) is 1. The zero-order valence-electron chi connectivity index (χ0n) is 9.92. The van der Waals surface area contributed by atoms with Gasteiger partial charge in [0.15, 0.2) is 0 Å². The molecule has 0 bridgehead atoms. The monoisotopic (exact) mass is 320 g/mol. The molecule has 9 heteroatoms. The Hall–Kier alpha value is -1.61. The molecule has 8 nitrogen and oxygen atoms in total. The SMILES string of the molecule is CON(C)C(=O)c1cc(Br)nn1CCOC(N)=O. The normalized spacial score (nSPS) is 10.2. The molecule has 0 saturated carbocycles. The van der Waals surface area contributed by atoms with Crippen molar-refractivity contribution in [2.75, 3.05) is 20.8 Å². The van der Waals surface area contributed by atoms with Gasteiger partial charge in [-0.05, 0) is 15.9 Å². The lowest BCUT2D eigenvalue weighted by atomic mass is 10.4. The van der Waals surface area contributed by atoms with E-state index in [0.717, 1.165) is 5.06 Å². The van der Waals surface area contributed by atoms with Gasteiger partial charge in [-0.2, -0.15) is 5.10 Å². The fourth-order valence-corrected chi connectivity index (χ4v) is 1.61. The van der Waals surface area contributed by atoms with Crippen LogP contribution in [0.1, 0.15) is 10.5 Å². The van der Waals surface area contributed by atoms with Crippen molar-refractivity contribution < 1.29 is 19.2 Å². The zero-order chi connectivity index (χ0) is 13.7. The maximum absolute atomic E-state index is 11.9. The van der Waals surface area contributed by atoms with Crippen molar-refractivity contribution in [2.45, 2.75) is 6.54 Å². The molecule has 0 unspecified atom stereocenters. The van der Waals surface area contributed by atoms with E-state index in [1.807, 2.05) is 0 Å². The van der Waals surface area contributed by atoms with Crippen LogP contribution in [0.4, 0.5) is 4.79 Å². The number of hydroxylamine groups is 2. The number of ether oxygens (including phenoxy) is 1. The molecule has 0 aromatic carbocycles. The first-order valence-corrected chi connectivity index (χ1v) is 5.72. The molecule has 0 spiro atoms. The van der Waals surface area contributed by atoms with E-state index in [4.69, 9.17) is 10.6 Å². The molecule has 2 amide bonds. The molecule has 1 aromatic rings. The molecule has 0 fully saturated rings. The molecule has 18 heavy (non-hydrogen) atoms. The van der Waals surface area contributed by atoms with Gasteiger partial charge in [-0.1, -0.05) is 0 Å². The number of carbonyl (C=O) groups excluding carboxylic acids is 2. The summed E-state index contributed by atoms with van der Waals surface area (Å²) in [6.07, 6.45) is -0.872. The van der Waals surface area contributed by atoms with Crippen LogP contribution in [0.3, 0.4) is 0 Å². The van der Waals surface area contributed by atoms with E-state index < -0.39 is 6.09 Å². The average molecular weight is 321 g/mol.